The quantitative estimate of drug-likeness (QED) is 0.818. The highest BCUT2D eigenvalue weighted by molar-refractivity contribution is 5.76. The van der Waals surface area contributed by atoms with E-state index >= 15 is 0 Å². The minimum absolute atomic E-state index is 0.182. The maximum absolute atomic E-state index is 13.0. The number of hydrogen-bond acceptors (Lipinski definition) is 3. The molecule has 6 heteroatoms. The fourth-order valence-electron chi connectivity index (χ4n) is 2.41. The second-order valence-corrected chi connectivity index (χ2v) is 5.78. The molecule has 0 saturated heterocycles. The van der Waals surface area contributed by atoms with Gasteiger partial charge in [-0.2, -0.15) is 0 Å². The van der Waals surface area contributed by atoms with Crippen LogP contribution in [0.4, 0.5) is 8.78 Å². The normalized spacial score (nSPS) is 13.3. The molecule has 0 aliphatic carbocycles. The van der Waals surface area contributed by atoms with E-state index in [4.69, 9.17) is 0 Å². The van der Waals surface area contributed by atoms with Gasteiger partial charge in [0.15, 0.2) is 0 Å². The Morgan fingerprint density at radius 1 is 1.21 bits per heavy atom. The van der Waals surface area contributed by atoms with Crippen molar-refractivity contribution < 1.29 is 18.7 Å². The second kappa shape index (κ2) is 8.49. The van der Waals surface area contributed by atoms with Crippen LogP contribution >= 0.6 is 0 Å². The topological polar surface area (TPSA) is 62.2 Å². The molecule has 1 heterocycles. The third kappa shape index (κ3) is 5.70. The van der Waals surface area contributed by atoms with Gasteiger partial charge in [0.2, 0.25) is 5.91 Å². The van der Waals surface area contributed by atoms with Crippen molar-refractivity contribution in [3.05, 3.63) is 65.5 Å². The molecule has 0 spiro atoms. The summed E-state index contributed by atoms with van der Waals surface area (Å²) < 4.78 is 25.9. The fourth-order valence-corrected chi connectivity index (χ4v) is 2.41. The van der Waals surface area contributed by atoms with E-state index in [0.717, 1.165) is 6.20 Å². The van der Waals surface area contributed by atoms with Gasteiger partial charge in [-0.1, -0.05) is 12.1 Å². The molecular weight excluding hydrogens is 314 g/mol. The monoisotopic (exact) mass is 334 g/mol. The van der Waals surface area contributed by atoms with Crippen LogP contribution in [0.5, 0.6) is 0 Å². The molecule has 1 amide bonds. The zero-order chi connectivity index (χ0) is 17.5. The van der Waals surface area contributed by atoms with Gasteiger partial charge in [-0.3, -0.25) is 9.78 Å². The molecule has 24 heavy (non-hydrogen) atoms. The van der Waals surface area contributed by atoms with Crippen molar-refractivity contribution in [3.63, 3.8) is 0 Å². The summed E-state index contributed by atoms with van der Waals surface area (Å²) >= 11 is 0. The zero-order valence-corrected chi connectivity index (χ0v) is 13.4. The van der Waals surface area contributed by atoms with Crippen LogP contribution in [0.1, 0.15) is 37.0 Å². The lowest BCUT2D eigenvalue weighted by Crippen LogP contribution is -2.33. The molecule has 0 fully saturated rings. The van der Waals surface area contributed by atoms with Crippen molar-refractivity contribution in [2.75, 3.05) is 0 Å². The van der Waals surface area contributed by atoms with Crippen molar-refractivity contribution in [1.82, 2.24) is 10.3 Å². The molecule has 2 aromatic rings. The fraction of sp³-hybridized carbons (Fsp3) is 0.333. The molecule has 0 aliphatic rings. The molecule has 2 rings (SSSR count). The van der Waals surface area contributed by atoms with Crippen LogP contribution in [0.15, 0.2) is 42.7 Å². The van der Waals surface area contributed by atoms with Gasteiger partial charge in [-0.05, 0) is 49.1 Å². The smallest absolute Gasteiger partial charge is 0.220 e. The van der Waals surface area contributed by atoms with Gasteiger partial charge in [0.25, 0.3) is 0 Å². The summed E-state index contributed by atoms with van der Waals surface area (Å²) in [5.74, 6) is -0.971. The molecule has 4 nitrogen and oxygen atoms in total. The van der Waals surface area contributed by atoms with Crippen molar-refractivity contribution in [3.8, 4) is 0 Å². The summed E-state index contributed by atoms with van der Waals surface area (Å²) in [5.41, 5.74) is 1.26. The van der Waals surface area contributed by atoms with Gasteiger partial charge >= 0.3 is 0 Å². The SMILES string of the molecule is CC(CC(O)c1ccc(F)cc1)NC(=O)CCc1cncc(F)c1. The van der Waals surface area contributed by atoms with E-state index in [2.05, 4.69) is 10.3 Å². The largest absolute Gasteiger partial charge is 0.388 e. The van der Waals surface area contributed by atoms with Crippen LogP contribution in [-0.4, -0.2) is 22.0 Å². The molecule has 2 N–H and O–H groups in total. The van der Waals surface area contributed by atoms with Crippen LogP contribution in [0.2, 0.25) is 0 Å². The molecular formula is C18H20F2N2O2. The minimum Gasteiger partial charge on any atom is -0.388 e. The molecule has 0 radical (unpaired) electrons. The Balaban J connectivity index is 1.77. The molecule has 2 unspecified atom stereocenters. The number of benzene rings is 1. The Morgan fingerprint density at radius 2 is 1.92 bits per heavy atom. The third-order valence-electron chi connectivity index (χ3n) is 3.64. The molecule has 1 aromatic heterocycles. The number of carbonyl (C=O) groups excluding carboxylic acids is 1. The maximum Gasteiger partial charge on any atom is 0.220 e. The summed E-state index contributed by atoms with van der Waals surface area (Å²) in [6, 6.07) is 6.71. The third-order valence-corrected chi connectivity index (χ3v) is 3.64. The predicted molar refractivity (Wildman–Crippen MR) is 86.1 cm³/mol. The highest BCUT2D eigenvalue weighted by Gasteiger charge is 2.14. The Hall–Kier alpha value is -2.34. The second-order valence-electron chi connectivity index (χ2n) is 5.78. The maximum atomic E-state index is 13.0. The number of aliphatic hydroxyl groups excluding tert-OH is 1. The number of aromatic nitrogens is 1. The van der Waals surface area contributed by atoms with E-state index in [1.54, 1.807) is 6.92 Å². The van der Waals surface area contributed by atoms with Crippen LogP contribution in [0, 0.1) is 11.6 Å². The summed E-state index contributed by atoms with van der Waals surface area (Å²) in [6.07, 6.45) is 2.78. The number of amides is 1. The van der Waals surface area contributed by atoms with E-state index in [9.17, 15) is 18.7 Å². The van der Waals surface area contributed by atoms with Crippen LogP contribution in [0.3, 0.4) is 0 Å². The molecule has 1 aromatic carbocycles. The number of carbonyl (C=O) groups is 1. The van der Waals surface area contributed by atoms with Crippen LogP contribution in [0.25, 0.3) is 0 Å². The first-order chi connectivity index (χ1) is 11.4. The van der Waals surface area contributed by atoms with Crippen molar-refractivity contribution in [2.24, 2.45) is 0 Å². The number of nitrogens with one attached hydrogen (secondary N) is 1. The number of aliphatic hydroxyl groups is 1. The van der Waals surface area contributed by atoms with E-state index in [1.807, 2.05) is 0 Å². The van der Waals surface area contributed by atoms with E-state index < -0.39 is 11.9 Å². The standard InChI is InChI=1S/C18H20F2N2O2/c1-12(8-17(23)14-3-5-15(19)6-4-14)22-18(24)7-2-13-9-16(20)11-21-10-13/h3-6,9-12,17,23H,2,7-8H2,1H3,(H,22,24). The average molecular weight is 334 g/mol. The van der Waals surface area contributed by atoms with Gasteiger partial charge in [0, 0.05) is 18.7 Å². The lowest BCUT2D eigenvalue weighted by atomic mass is 10.0. The van der Waals surface area contributed by atoms with Gasteiger partial charge in [0.05, 0.1) is 12.3 Å². The Kier molecular flexibility index (Phi) is 6.37. The molecule has 0 saturated carbocycles. The zero-order valence-electron chi connectivity index (χ0n) is 13.4. The molecule has 0 bridgehead atoms. The van der Waals surface area contributed by atoms with Gasteiger partial charge < -0.3 is 10.4 Å². The van der Waals surface area contributed by atoms with E-state index in [1.165, 1.54) is 36.5 Å². The number of hydrogen-bond donors (Lipinski definition) is 2. The van der Waals surface area contributed by atoms with Gasteiger partial charge in [0.1, 0.15) is 11.6 Å². The van der Waals surface area contributed by atoms with Crippen molar-refractivity contribution in [2.45, 2.75) is 38.3 Å². The first kappa shape index (κ1) is 18.0. The van der Waals surface area contributed by atoms with E-state index in [-0.39, 0.29) is 24.2 Å². The summed E-state index contributed by atoms with van der Waals surface area (Å²) in [4.78, 5) is 15.7. The summed E-state index contributed by atoms with van der Waals surface area (Å²) in [5, 5.41) is 12.9. The number of nitrogens with zero attached hydrogens (tertiary/aromatic N) is 1. The molecule has 2 atom stereocenters. The highest BCUT2D eigenvalue weighted by atomic mass is 19.1. The Labute approximate surface area is 139 Å². The predicted octanol–water partition coefficient (Wildman–Crippen LogP) is 2.92. The minimum atomic E-state index is -0.784. The molecule has 0 aliphatic heterocycles. The average Bonchev–Trinajstić information content (AvgIpc) is 2.53. The Morgan fingerprint density at radius 3 is 2.58 bits per heavy atom. The lowest BCUT2D eigenvalue weighted by Gasteiger charge is -2.18. The summed E-state index contributed by atoms with van der Waals surface area (Å²) in [6.45, 7) is 1.79. The number of halogens is 2. The van der Waals surface area contributed by atoms with Crippen LogP contribution < -0.4 is 5.32 Å². The van der Waals surface area contributed by atoms with E-state index in [0.29, 0.717) is 24.0 Å². The first-order valence-electron chi connectivity index (χ1n) is 7.76. The number of aryl methyl sites for hydroxylation is 1. The van der Waals surface area contributed by atoms with Crippen molar-refractivity contribution in [1.29, 1.82) is 0 Å². The lowest BCUT2D eigenvalue weighted by molar-refractivity contribution is -0.121. The number of rotatable bonds is 7. The Bertz CT molecular complexity index is 677. The first-order valence-corrected chi connectivity index (χ1v) is 7.76. The summed E-state index contributed by atoms with van der Waals surface area (Å²) in [7, 11) is 0. The highest BCUT2D eigenvalue weighted by Crippen LogP contribution is 2.18. The van der Waals surface area contributed by atoms with Crippen LogP contribution in [-0.2, 0) is 11.2 Å². The molecule has 128 valence electrons. The van der Waals surface area contributed by atoms with Gasteiger partial charge in [-0.25, -0.2) is 8.78 Å². The number of pyridine rings is 1. The van der Waals surface area contributed by atoms with Crippen molar-refractivity contribution >= 4 is 5.91 Å². The van der Waals surface area contributed by atoms with Gasteiger partial charge in [-0.15, -0.1) is 0 Å².